The van der Waals surface area contributed by atoms with Crippen molar-refractivity contribution in [3.8, 4) is 5.75 Å². The lowest BCUT2D eigenvalue weighted by atomic mass is 10.1. The average molecular weight is 335 g/mol. The Kier molecular flexibility index (Phi) is 5.41. The van der Waals surface area contributed by atoms with E-state index in [9.17, 15) is 13.5 Å². The molecule has 0 saturated heterocycles. The molecule has 0 amide bonds. The molecule has 0 spiro atoms. The van der Waals surface area contributed by atoms with Crippen molar-refractivity contribution in [3.63, 3.8) is 0 Å². The van der Waals surface area contributed by atoms with Crippen LogP contribution in [0.3, 0.4) is 0 Å². The SMILES string of the molecule is COc1cccc(C(O)CNS(=O)(=O)c2ccc(C)c(C)c2)c1. The lowest BCUT2D eigenvalue weighted by Crippen LogP contribution is -2.28. The first kappa shape index (κ1) is 17.5. The molecule has 0 aromatic heterocycles. The Labute approximate surface area is 137 Å². The van der Waals surface area contributed by atoms with Gasteiger partial charge in [-0.2, -0.15) is 0 Å². The van der Waals surface area contributed by atoms with Gasteiger partial charge < -0.3 is 9.84 Å². The second-order valence-electron chi connectivity index (χ2n) is 5.39. The predicted octanol–water partition coefficient (Wildman–Crippen LogP) is 2.32. The van der Waals surface area contributed by atoms with Crippen molar-refractivity contribution in [1.82, 2.24) is 4.72 Å². The van der Waals surface area contributed by atoms with Gasteiger partial charge in [-0.25, -0.2) is 13.1 Å². The number of benzene rings is 2. The maximum Gasteiger partial charge on any atom is 0.240 e. The second-order valence-corrected chi connectivity index (χ2v) is 7.16. The van der Waals surface area contributed by atoms with Crippen molar-refractivity contribution in [3.05, 3.63) is 59.2 Å². The molecule has 2 aromatic carbocycles. The van der Waals surface area contributed by atoms with E-state index in [0.717, 1.165) is 11.1 Å². The lowest BCUT2D eigenvalue weighted by Gasteiger charge is -2.14. The maximum absolute atomic E-state index is 12.3. The molecule has 0 aliphatic rings. The largest absolute Gasteiger partial charge is 0.497 e. The molecule has 0 radical (unpaired) electrons. The Balaban J connectivity index is 2.10. The summed E-state index contributed by atoms with van der Waals surface area (Å²) in [5.41, 5.74) is 2.52. The fraction of sp³-hybridized carbons (Fsp3) is 0.294. The maximum atomic E-state index is 12.3. The molecular weight excluding hydrogens is 314 g/mol. The summed E-state index contributed by atoms with van der Waals surface area (Å²) in [6, 6.07) is 11.8. The smallest absolute Gasteiger partial charge is 0.240 e. The Morgan fingerprint density at radius 1 is 1.13 bits per heavy atom. The van der Waals surface area contributed by atoms with Crippen LogP contribution in [0.4, 0.5) is 0 Å². The highest BCUT2D eigenvalue weighted by Crippen LogP contribution is 2.20. The van der Waals surface area contributed by atoms with E-state index >= 15 is 0 Å². The summed E-state index contributed by atoms with van der Waals surface area (Å²) in [5.74, 6) is 0.610. The van der Waals surface area contributed by atoms with Crippen molar-refractivity contribution in [1.29, 1.82) is 0 Å². The van der Waals surface area contributed by atoms with Crippen molar-refractivity contribution in [2.75, 3.05) is 13.7 Å². The minimum atomic E-state index is -3.66. The van der Waals surface area contributed by atoms with Crippen LogP contribution in [0.2, 0.25) is 0 Å². The number of methoxy groups -OCH3 is 1. The van der Waals surface area contributed by atoms with Crippen LogP contribution in [0, 0.1) is 13.8 Å². The first-order valence-electron chi connectivity index (χ1n) is 7.22. The normalized spacial score (nSPS) is 12.9. The molecule has 2 N–H and O–H groups in total. The molecule has 0 heterocycles. The standard InChI is InChI=1S/C17H21NO4S/c1-12-7-8-16(9-13(12)2)23(20,21)18-11-17(19)14-5-4-6-15(10-14)22-3/h4-10,17-19H,11H2,1-3H3. The number of nitrogens with one attached hydrogen (secondary N) is 1. The molecule has 124 valence electrons. The van der Waals surface area contributed by atoms with E-state index < -0.39 is 16.1 Å². The molecule has 2 aromatic rings. The van der Waals surface area contributed by atoms with Crippen LogP contribution in [0.15, 0.2) is 47.4 Å². The molecule has 2 rings (SSSR count). The van der Waals surface area contributed by atoms with Crippen LogP contribution >= 0.6 is 0 Å². The topological polar surface area (TPSA) is 75.6 Å². The molecule has 5 nitrogen and oxygen atoms in total. The van der Waals surface area contributed by atoms with E-state index in [2.05, 4.69) is 4.72 Å². The molecule has 0 aliphatic heterocycles. The third kappa shape index (κ3) is 4.31. The van der Waals surface area contributed by atoms with Gasteiger partial charge in [0.05, 0.1) is 18.1 Å². The third-order valence-electron chi connectivity index (χ3n) is 3.73. The van der Waals surface area contributed by atoms with Gasteiger partial charge in [0.2, 0.25) is 10.0 Å². The van der Waals surface area contributed by atoms with Gasteiger partial charge in [-0.3, -0.25) is 0 Å². The van der Waals surface area contributed by atoms with Crippen LogP contribution in [0.1, 0.15) is 22.8 Å². The summed E-state index contributed by atoms with van der Waals surface area (Å²) in [4.78, 5) is 0.193. The summed E-state index contributed by atoms with van der Waals surface area (Å²) in [5, 5.41) is 10.2. The van der Waals surface area contributed by atoms with Gasteiger partial charge in [0.15, 0.2) is 0 Å². The molecule has 6 heteroatoms. The molecule has 0 aliphatic carbocycles. The van der Waals surface area contributed by atoms with E-state index in [1.807, 2.05) is 13.8 Å². The van der Waals surface area contributed by atoms with Gasteiger partial charge in [-0.05, 0) is 54.8 Å². The number of rotatable bonds is 6. The highest BCUT2D eigenvalue weighted by Gasteiger charge is 2.17. The van der Waals surface area contributed by atoms with Crippen molar-refractivity contribution in [2.24, 2.45) is 0 Å². The minimum absolute atomic E-state index is 0.109. The Bertz CT molecular complexity index is 787. The van der Waals surface area contributed by atoms with Gasteiger partial charge in [0.25, 0.3) is 0 Å². The molecule has 1 atom stereocenters. The van der Waals surface area contributed by atoms with E-state index in [-0.39, 0.29) is 11.4 Å². The van der Waals surface area contributed by atoms with E-state index in [4.69, 9.17) is 4.74 Å². The van der Waals surface area contributed by atoms with Crippen molar-refractivity contribution < 1.29 is 18.3 Å². The summed E-state index contributed by atoms with van der Waals surface area (Å²) in [6.45, 7) is 3.67. The zero-order chi connectivity index (χ0) is 17.0. The monoisotopic (exact) mass is 335 g/mol. The van der Waals surface area contributed by atoms with Gasteiger partial charge in [0, 0.05) is 6.54 Å². The number of sulfonamides is 1. The second kappa shape index (κ2) is 7.12. The van der Waals surface area contributed by atoms with Crippen LogP contribution in [-0.2, 0) is 10.0 Å². The molecule has 1 unspecified atom stereocenters. The van der Waals surface area contributed by atoms with Crippen LogP contribution in [0.25, 0.3) is 0 Å². The first-order valence-corrected chi connectivity index (χ1v) is 8.71. The number of aliphatic hydroxyl groups is 1. The molecular formula is C17H21NO4S. The molecule has 0 saturated carbocycles. The zero-order valence-corrected chi connectivity index (χ0v) is 14.2. The summed E-state index contributed by atoms with van der Waals surface area (Å²) >= 11 is 0. The Morgan fingerprint density at radius 3 is 2.52 bits per heavy atom. The fourth-order valence-corrected chi connectivity index (χ4v) is 3.24. The van der Waals surface area contributed by atoms with Crippen LogP contribution < -0.4 is 9.46 Å². The zero-order valence-electron chi connectivity index (χ0n) is 13.4. The number of hydrogen-bond acceptors (Lipinski definition) is 4. The molecule has 0 fully saturated rings. The minimum Gasteiger partial charge on any atom is -0.497 e. The molecule has 0 bridgehead atoms. The van der Waals surface area contributed by atoms with Gasteiger partial charge in [0.1, 0.15) is 5.75 Å². The Hall–Kier alpha value is -1.89. The average Bonchev–Trinajstić information content (AvgIpc) is 2.55. The van der Waals surface area contributed by atoms with Crippen LogP contribution in [0.5, 0.6) is 5.75 Å². The number of aryl methyl sites for hydroxylation is 2. The predicted molar refractivity (Wildman–Crippen MR) is 89.1 cm³/mol. The fourth-order valence-electron chi connectivity index (χ4n) is 2.12. The van der Waals surface area contributed by atoms with Gasteiger partial charge >= 0.3 is 0 Å². The van der Waals surface area contributed by atoms with E-state index in [1.165, 1.54) is 7.11 Å². The summed E-state index contributed by atoms with van der Waals surface area (Å²) in [6.07, 6.45) is -0.952. The lowest BCUT2D eigenvalue weighted by molar-refractivity contribution is 0.181. The number of hydrogen-bond donors (Lipinski definition) is 2. The highest BCUT2D eigenvalue weighted by molar-refractivity contribution is 7.89. The highest BCUT2D eigenvalue weighted by atomic mass is 32.2. The van der Waals surface area contributed by atoms with Crippen molar-refractivity contribution in [2.45, 2.75) is 24.8 Å². The quantitative estimate of drug-likeness (QED) is 0.849. The van der Waals surface area contributed by atoms with Gasteiger partial charge in [-0.15, -0.1) is 0 Å². The number of ether oxygens (including phenoxy) is 1. The third-order valence-corrected chi connectivity index (χ3v) is 5.16. The summed E-state index contributed by atoms with van der Waals surface area (Å²) in [7, 11) is -2.12. The summed E-state index contributed by atoms with van der Waals surface area (Å²) < 4.78 is 32.1. The van der Waals surface area contributed by atoms with Crippen LogP contribution in [-0.4, -0.2) is 27.2 Å². The Morgan fingerprint density at radius 2 is 1.87 bits per heavy atom. The van der Waals surface area contributed by atoms with E-state index in [1.54, 1.807) is 42.5 Å². The first-order chi connectivity index (χ1) is 10.8. The number of aliphatic hydroxyl groups excluding tert-OH is 1. The van der Waals surface area contributed by atoms with Gasteiger partial charge in [-0.1, -0.05) is 18.2 Å². The van der Waals surface area contributed by atoms with E-state index in [0.29, 0.717) is 11.3 Å². The molecule has 23 heavy (non-hydrogen) atoms. The van der Waals surface area contributed by atoms with Crippen molar-refractivity contribution >= 4 is 10.0 Å².